The molecule has 0 aliphatic carbocycles. The van der Waals surface area contributed by atoms with Gasteiger partial charge in [-0.05, 0) is 17.7 Å². The molecule has 124 valence electrons. The number of nitrogens with one attached hydrogen (secondary N) is 1. The molecule has 0 bridgehead atoms. The highest BCUT2D eigenvalue weighted by atomic mass is 16.5. The molecule has 2 N–H and O–H groups in total. The van der Waals surface area contributed by atoms with Gasteiger partial charge in [-0.2, -0.15) is 0 Å². The fourth-order valence-corrected chi connectivity index (χ4v) is 2.46. The Balaban J connectivity index is 1.83. The molecule has 23 heavy (non-hydrogen) atoms. The molecule has 7 heteroatoms. The lowest BCUT2D eigenvalue weighted by Gasteiger charge is -2.15. The van der Waals surface area contributed by atoms with Crippen LogP contribution in [0.3, 0.4) is 0 Å². The number of carboxylic acid groups (broad SMARTS) is 1. The molecule has 1 aromatic carbocycles. The second-order valence-electron chi connectivity index (χ2n) is 5.45. The highest BCUT2D eigenvalue weighted by Crippen LogP contribution is 2.17. The first-order valence-corrected chi connectivity index (χ1v) is 7.38. The summed E-state index contributed by atoms with van der Waals surface area (Å²) in [6.45, 7) is 1.67. The number of nitrogens with zero attached hydrogens (tertiary/aromatic N) is 1. The Morgan fingerprint density at radius 2 is 2.04 bits per heavy atom. The fourth-order valence-electron chi connectivity index (χ4n) is 2.46. The van der Waals surface area contributed by atoms with Crippen LogP contribution in [0.5, 0.6) is 0 Å². The van der Waals surface area contributed by atoms with Crippen LogP contribution in [-0.2, 0) is 20.9 Å². The Kier molecular flexibility index (Phi) is 5.70. The van der Waals surface area contributed by atoms with Crippen LogP contribution in [0.25, 0.3) is 0 Å². The lowest BCUT2D eigenvalue weighted by Crippen LogP contribution is -2.33. The zero-order valence-corrected chi connectivity index (χ0v) is 12.9. The van der Waals surface area contributed by atoms with Crippen LogP contribution >= 0.6 is 0 Å². The third-order valence-corrected chi connectivity index (χ3v) is 3.82. The lowest BCUT2D eigenvalue weighted by molar-refractivity contribution is -0.129. The summed E-state index contributed by atoms with van der Waals surface area (Å²) >= 11 is 0. The van der Waals surface area contributed by atoms with Gasteiger partial charge in [0.1, 0.15) is 0 Å². The smallest absolute Gasteiger partial charge is 0.335 e. The average Bonchev–Trinajstić information content (AvgIpc) is 2.92. The van der Waals surface area contributed by atoms with E-state index in [4.69, 9.17) is 9.84 Å². The van der Waals surface area contributed by atoms with Crippen molar-refractivity contribution in [2.24, 2.45) is 5.92 Å². The van der Waals surface area contributed by atoms with Crippen molar-refractivity contribution in [2.75, 3.05) is 26.8 Å². The highest BCUT2D eigenvalue weighted by molar-refractivity contribution is 5.89. The van der Waals surface area contributed by atoms with E-state index in [-0.39, 0.29) is 29.7 Å². The van der Waals surface area contributed by atoms with Crippen molar-refractivity contribution in [1.82, 2.24) is 10.2 Å². The first-order chi connectivity index (χ1) is 11.0. The van der Waals surface area contributed by atoms with Crippen molar-refractivity contribution in [2.45, 2.75) is 13.0 Å². The maximum absolute atomic E-state index is 12.1. The number of hydrogen-bond donors (Lipinski definition) is 2. The van der Waals surface area contributed by atoms with Gasteiger partial charge >= 0.3 is 5.97 Å². The van der Waals surface area contributed by atoms with E-state index in [2.05, 4.69) is 5.32 Å². The summed E-state index contributed by atoms with van der Waals surface area (Å²) < 4.78 is 4.94. The van der Waals surface area contributed by atoms with Gasteiger partial charge in [0.25, 0.3) is 0 Å². The summed E-state index contributed by atoms with van der Waals surface area (Å²) in [5.74, 6) is -1.53. The van der Waals surface area contributed by atoms with Gasteiger partial charge in [-0.25, -0.2) is 4.79 Å². The fraction of sp³-hybridized carbons (Fsp3) is 0.438. The van der Waals surface area contributed by atoms with Crippen LogP contribution in [0.2, 0.25) is 0 Å². The van der Waals surface area contributed by atoms with Crippen LogP contribution < -0.4 is 5.32 Å². The highest BCUT2D eigenvalue weighted by Gasteiger charge is 2.33. The molecular weight excluding hydrogens is 300 g/mol. The van der Waals surface area contributed by atoms with E-state index >= 15 is 0 Å². The third-order valence-electron chi connectivity index (χ3n) is 3.82. The van der Waals surface area contributed by atoms with Crippen LogP contribution in [0.4, 0.5) is 0 Å². The number of carbonyl (C=O) groups excluding carboxylic acids is 2. The second kappa shape index (κ2) is 7.73. The van der Waals surface area contributed by atoms with Crippen molar-refractivity contribution in [3.05, 3.63) is 35.4 Å². The Bertz CT molecular complexity index is 585. The Morgan fingerprint density at radius 3 is 2.65 bits per heavy atom. The summed E-state index contributed by atoms with van der Waals surface area (Å²) in [4.78, 5) is 36.4. The molecule has 0 unspecified atom stereocenters. The number of aromatic carboxylic acids is 1. The zero-order valence-electron chi connectivity index (χ0n) is 12.9. The Hall–Kier alpha value is -2.41. The number of carboxylic acids is 1. The quantitative estimate of drug-likeness (QED) is 0.762. The molecular formula is C16H20N2O5. The minimum atomic E-state index is -0.985. The number of amides is 2. The maximum atomic E-state index is 12.1. The number of likely N-dealkylation sites (tertiary alicyclic amines) is 1. The maximum Gasteiger partial charge on any atom is 0.335 e. The standard InChI is InChI=1S/C16H20N2O5/c1-23-7-6-18-10-13(8-14(18)19)15(20)17-9-11-2-4-12(5-3-11)16(21)22/h2-5,13H,6-10H2,1H3,(H,17,20)(H,21,22)/t13-/m0/s1. The first kappa shape index (κ1) is 17.0. The van der Waals surface area contributed by atoms with Gasteiger partial charge in [0.15, 0.2) is 0 Å². The topological polar surface area (TPSA) is 95.9 Å². The molecule has 1 saturated heterocycles. The zero-order chi connectivity index (χ0) is 16.8. The van der Waals surface area contributed by atoms with Crippen LogP contribution in [0, 0.1) is 5.92 Å². The SMILES string of the molecule is COCCN1C[C@@H](C(=O)NCc2ccc(C(=O)O)cc2)CC1=O. The van der Waals surface area contributed by atoms with Crippen LogP contribution in [0.15, 0.2) is 24.3 Å². The minimum absolute atomic E-state index is 0.0342. The second-order valence-corrected chi connectivity index (χ2v) is 5.45. The molecule has 1 atom stereocenters. The number of benzene rings is 1. The van der Waals surface area contributed by atoms with Gasteiger partial charge in [0.05, 0.1) is 18.1 Å². The number of hydrogen-bond acceptors (Lipinski definition) is 4. The minimum Gasteiger partial charge on any atom is -0.478 e. The summed E-state index contributed by atoms with van der Waals surface area (Å²) in [7, 11) is 1.57. The normalized spacial score (nSPS) is 17.3. The van der Waals surface area contributed by atoms with Crippen molar-refractivity contribution in [3.8, 4) is 0 Å². The van der Waals surface area contributed by atoms with Crippen LogP contribution in [0.1, 0.15) is 22.3 Å². The van der Waals surface area contributed by atoms with E-state index in [0.29, 0.717) is 26.2 Å². The van der Waals surface area contributed by atoms with Crippen molar-refractivity contribution >= 4 is 17.8 Å². The third kappa shape index (κ3) is 4.53. The Labute approximate surface area is 134 Å². The summed E-state index contributed by atoms with van der Waals surface area (Å²) in [5, 5.41) is 11.6. The molecule has 2 amide bonds. The van der Waals surface area contributed by atoms with Gasteiger partial charge in [-0.15, -0.1) is 0 Å². The van der Waals surface area contributed by atoms with E-state index in [1.54, 1.807) is 24.1 Å². The van der Waals surface area contributed by atoms with Gasteiger partial charge in [0, 0.05) is 33.2 Å². The van der Waals surface area contributed by atoms with Gasteiger partial charge < -0.3 is 20.1 Å². The summed E-state index contributed by atoms with van der Waals surface area (Å²) in [6, 6.07) is 6.31. The number of ether oxygens (including phenoxy) is 1. The van der Waals surface area contributed by atoms with Crippen molar-refractivity contribution in [1.29, 1.82) is 0 Å². The lowest BCUT2D eigenvalue weighted by atomic mass is 10.1. The molecule has 1 aliphatic heterocycles. The molecule has 1 heterocycles. The van der Waals surface area contributed by atoms with Gasteiger partial charge in [-0.1, -0.05) is 12.1 Å². The molecule has 1 aliphatic rings. The van der Waals surface area contributed by atoms with Crippen molar-refractivity contribution in [3.63, 3.8) is 0 Å². The van der Waals surface area contributed by atoms with E-state index < -0.39 is 5.97 Å². The van der Waals surface area contributed by atoms with E-state index in [1.807, 2.05) is 0 Å². The van der Waals surface area contributed by atoms with E-state index in [0.717, 1.165) is 5.56 Å². The molecule has 0 aromatic heterocycles. The van der Waals surface area contributed by atoms with Crippen molar-refractivity contribution < 1.29 is 24.2 Å². The monoisotopic (exact) mass is 320 g/mol. The molecule has 7 nitrogen and oxygen atoms in total. The number of methoxy groups -OCH3 is 1. The molecule has 0 spiro atoms. The predicted molar refractivity (Wildman–Crippen MR) is 81.8 cm³/mol. The Morgan fingerprint density at radius 1 is 1.35 bits per heavy atom. The number of carbonyl (C=O) groups is 3. The van der Waals surface area contributed by atoms with E-state index in [1.165, 1.54) is 12.1 Å². The van der Waals surface area contributed by atoms with Gasteiger partial charge in [0.2, 0.25) is 11.8 Å². The molecule has 1 aromatic rings. The molecule has 2 rings (SSSR count). The largest absolute Gasteiger partial charge is 0.478 e. The summed E-state index contributed by atoms with van der Waals surface area (Å²) in [6.07, 6.45) is 0.216. The predicted octanol–water partition coefficient (Wildman–Crippen LogP) is 0.496. The average molecular weight is 320 g/mol. The molecule has 0 saturated carbocycles. The van der Waals surface area contributed by atoms with Crippen LogP contribution in [-0.4, -0.2) is 54.6 Å². The number of rotatable bonds is 7. The molecule has 1 fully saturated rings. The first-order valence-electron chi connectivity index (χ1n) is 7.38. The van der Waals surface area contributed by atoms with E-state index in [9.17, 15) is 14.4 Å². The molecule has 0 radical (unpaired) electrons. The summed E-state index contributed by atoms with van der Waals surface area (Å²) in [5.41, 5.74) is 1.01. The van der Waals surface area contributed by atoms with Gasteiger partial charge in [-0.3, -0.25) is 9.59 Å².